The van der Waals surface area contributed by atoms with Crippen molar-refractivity contribution in [3.63, 3.8) is 0 Å². The van der Waals surface area contributed by atoms with E-state index in [1.807, 2.05) is 90.5 Å². The molecule has 0 fully saturated rings. The number of rotatable bonds is 13. The molecule has 0 aliphatic carbocycles. The van der Waals surface area contributed by atoms with Crippen molar-refractivity contribution in [3.8, 4) is 0 Å². The van der Waals surface area contributed by atoms with Crippen LogP contribution in [0.15, 0.2) is 72.9 Å². The predicted molar refractivity (Wildman–Crippen MR) is 135 cm³/mol. The van der Waals surface area contributed by atoms with Gasteiger partial charge in [-0.15, -0.1) is 0 Å². The van der Waals surface area contributed by atoms with Crippen LogP contribution in [0.5, 0.6) is 0 Å². The Morgan fingerprint density at radius 1 is 1.06 bits per heavy atom. The number of aliphatic carboxylic acids is 1. The number of ether oxygens (including phenoxy) is 1. The Kier molecular flexibility index (Phi) is 9.41. The molecule has 178 valence electrons. The highest BCUT2D eigenvalue weighted by molar-refractivity contribution is 6.08. The van der Waals surface area contributed by atoms with Gasteiger partial charge in [-0.05, 0) is 42.7 Å². The fourth-order valence-corrected chi connectivity index (χ4v) is 3.78. The number of carbonyl (C=O) groups is 2. The number of nitrogens with zero attached hydrogens (tertiary/aromatic N) is 1. The number of benzene rings is 2. The van der Waals surface area contributed by atoms with Gasteiger partial charge < -0.3 is 14.4 Å². The van der Waals surface area contributed by atoms with Crippen LogP contribution in [0.4, 0.5) is 0 Å². The van der Waals surface area contributed by atoms with Gasteiger partial charge in [-0.2, -0.15) is 0 Å². The van der Waals surface area contributed by atoms with Crippen molar-refractivity contribution in [1.82, 2.24) is 4.57 Å². The minimum absolute atomic E-state index is 0.00414. The lowest BCUT2D eigenvalue weighted by molar-refractivity contribution is -0.151. The zero-order chi connectivity index (χ0) is 24.3. The summed E-state index contributed by atoms with van der Waals surface area (Å²) in [5.41, 5.74) is 4.38. The van der Waals surface area contributed by atoms with Crippen LogP contribution < -0.4 is 0 Å². The number of allylic oxidation sites excluding steroid dienone is 1. The fraction of sp³-hybridized carbons (Fsp3) is 0.310. The van der Waals surface area contributed by atoms with E-state index in [-0.39, 0.29) is 12.4 Å². The zero-order valence-electron chi connectivity index (χ0n) is 19.9. The molecule has 0 amide bonds. The van der Waals surface area contributed by atoms with Crippen molar-refractivity contribution in [2.45, 2.75) is 58.8 Å². The smallest absolute Gasteiger partial charge is 0.332 e. The molecule has 3 rings (SSSR count). The van der Waals surface area contributed by atoms with Crippen LogP contribution in [0.2, 0.25) is 0 Å². The largest absolute Gasteiger partial charge is 0.479 e. The first kappa shape index (κ1) is 25.2. The molecule has 1 aromatic heterocycles. The van der Waals surface area contributed by atoms with E-state index < -0.39 is 12.1 Å². The van der Waals surface area contributed by atoms with E-state index in [1.54, 1.807) is 0 Å². The summed E-state index contributed by atoms with van der Waals surface area (Å²) in [6, 6.07) is 19.2. The van der Waals surface area contributed by atoms with E-state index in [0.717, 1.165) is 36.0 Å². The van der Waals surface area contributed by atoms with Gasteiger partial charge in [-0.25, -0.2) is 4.79 Å². The molecule has 34 heavy (non-hydrogen) atoms. The van der Waals surface area contributed by atoms with Gasteiger partial charge in [-0.1, -0.05) is 86.4 Å². The molecule has 1 N–H and O–H groups in total. The molecule has 0 radical (unpaired) electrons. The fourth-order valence-electron chi connectivity index (χ4n) is 3.78. The maximum absolute atomic E-state index is 12.9. The van der Waals surface area contributed by atoms with E-state index in [2.05, 4.69) is 6.92 Å². The lowest BCUT2D eigenvalue weighted by Crippen LogP contribution is -2.23. The molecular formula is C29H33NO4. The van der Waals surface area contributed by atoms with Gasteiger partial charge in [0, 0.05) is 18.3 Å². The van der Waals surface area contributed by atoms with Crippen LogP contribution in [0, 0.1) is 6.92 Å². The highest BCUT2D eigenvalue weighted by Gasteiger charge is 2.17. The minimum atomic E-state index is -0.908. The number of hydrogen-bond donors (Lipinski definition) is 1. The summed E-state index contributed by atoms with van der Waals surface area (Å²) < 4.78 is 7.61. The third-order valence-corrected chi connectivity index (χ3v) is 5.74. The van der Waals surface area contributed by atoms with Crippen molar-refractivity contribution in [2.24, 2.45) is 0 Å². The van der Waals surface area contributed by atoms with Crippen LogP contribution in [0.1, 0.15) is 65.3 Å². The Morgan fingerprint density at radius 2 is 1.85 bits per heavy atom. The first-order chi connectivity index (χ1) is 16.5. The van der Waals surface area contributed by atoms with Gasteiger partial charge in [0.15, 0.2) is 6.10 Å². The average molecular weight is 460 g/mol. The van der Waals surface area contributed by atoms with Gasteiger partial charge >= 0.3 is 5.97 Å². The normalized spacial score (nSPS) is 12.2. The van der Waals surface area contributed by atoms with Gasteiger partial charge in [0.25, 0.3) is 0 Å². The van der Waals surface area contributed by atoms with E-state index in [1.165, 1.54) is 0 Å². The van der Waals surface area contributed by atoms with Crippen molar-refractivity contribution in [2.75, 3.05) is 0 Å². The molecule has 2 aromatic carbocycles. The Labute approximate surface area is 201 Å². The second kappa shape index (κ2) is 12.7. The number of aromatic nitrogens is 1. The molecule has 1 heterocycles. The van der Waals surface area contributed by atoms with Gasteiger partial charge in [-0.3, -0.25) is 4.79 Å². The molecule has 0 aliphatic heterocycles. The predicted octanol–water partition coefficient (Wildman–Crippen LogP) is 6.29. The van der Waals surface area contributed by atoms with E-state index in [0.29, 0.717) is 24.2 Å². The summed E-state index contributed by atoms with van der Waals surface area (Å²) in [6.45, 7) is 4.92. The number of unbranched alkanes of at least 4 members (excludes halogenated alkanes) is 2. The molecule has 0 spiro atoms. The third kappa shape index (κ3) is 7.29. The lowest BCUT2D eigenvalue weighted by Gasteiger charge is -2.13. The first-order valence-corrected chi connectivity index (χ1v) is 11.8. The Balaban J connectivity index is 1.59. The second-order valence-electron chi connectivity index (χ2n) is 8.52. The Morgan fingerprint density at radius 3 is 2.59 bits per heavy atom. The summed E-state index contributed by atoms with van der Waals surface area (Å²) in [5, 5.41) is 9.40. The van der Waals surface area contributed by atoms with Gasteiger partial charge in [0.1, 0.15) is 0 Å². The molecule has 0 aliphatic rings. The topological polar surface area (TPSA) is 68.5 Å². The van der Waals surface area contributed by atoms with E-state index in [4.69, 9.17) is 4.74 Å². The monoisotopic (exact) mass is 459 g/mol. The quantitative estimate of drug-likeness (QED) is 0.241. The number of ketones is 1. The molecule has 0 bridgehead atoms. The molecule has 5 heteroatoms. The molecule has 0 saturated heterocycles. The van der Waals surface area contributed by atoms with Crippen molar-refractivity contribution >= 4 is 17.8 Å². The number of carboxylic acids is 1. The molecule has 0 saturated carbocycles. The minimum Gasteiger partial charge on any atom is -0.479 e. The maximum atomic E-state index is 12.9. The summed E-state index contributed by atoms with van der Waals surface area (Å²) in [7, 11) is 0. The zero-order valence-corrected chi connectivity index (χ0v) is 19.9. The number of aryl methyl sites for hydroxylation is 1. The summed E-state index contributed by atoms with van der Waals surface area (Å²) >= 11 is 0. The molecule has 3 aromatic rings. The highest BCUT2D eigenvalue weighted by Crippen LogP contribution is 2.15. The third-order valence-electron chi connectivity index (χ3n) is 5.74. The van der Waals surface area contributed by atoms with Crippen LogP contribution in [-0.2, 0) is 22.7 Å². The summed E-state index contributed by atoms with van der Waals surface area (Å²) in [6.07, 6.45) is 8.58. The number of carbonyl (C=O) groups excluding carboxylic acids is 1. The van der Waals surface area contributed by atoms with Gasteiger partial charge in [0.05, 0.1) is 12.3 Å². The molecule has 1 atom stereocenters. The first-order valence-electron chi connectivity index (χ1n) is 11.8. The SMILES string of the molecule is CCCCCC(OCc1cccc(/C=C/Cn2cccc2C(=O)c2ccc(C)cc2)c1)C(=O)O. The molecule has 5 nitrogen and oxygen atoms in total. The van der Waals surface area contributed by atoms with Crippen LogP contribution in [0.25, 0.3) is 6.08 Å². The molecule has 1 unspecified atom stereocenters. The summed E-state index contributed by atoms with van der Waals surface area (Å²) in [4.78, 5) is 24.3. The average Bonchev–Trinajstić information content (AvgIpc) is 3.30. The van der Waals surface area contributed by atoms with Crippen molar-refractivity contribution < 1.29 is 19.4 Å². The number of hydrogen-bond acceptors (Lipinski definition) is 3. The second-order valence-corrected chi connectivity index (χ2v) is 8.52. The van der Waals surface area contributed by atoms with Crippen LogP contribution >= 0.6 is 0 Å². The highest BCUT2D eigenvalue weighted by atomic mass is 16.5. The van der Waals surface area contributed by atoms with Crippen molar-refractivity contribution in [1.29, 1.82) is 0 Å². The van der Waals surface area contributed by atoms with Gasteiger partial charge in [0.2, 0.25) is 5.78 Å². The Bertz CT molecular complexity index is 1110. The van der Waals surface area contributed by atoms with Crippen molar-refractivity contribution in [3.05, 3.63) is 101 Å². The lowest BCUT2D eigenvalue weighted by atomic mass is 10.1. The Hall–Kier alpha value is -3.44. The van der Waals surface area contributed by atoms with E-state index >= 15 is 0 Å². The molecular weight excluding hydrogens is 426 g/mol. The maximum Gasteiger partial charge on any atom is 0.332 e. The number of carboxylic acid groups (broad SMARTS) is 1. The van der Waals surface area contributed by atoms with Crippen LogP contribution in [0.3, 0.4) is 0 Å². The van der Waals surface area contributed by atoms with E-state index in [9.17, 15) is 14.7 Å². The standard InChI is InChI=1S/C29H33NO4/c1-3-4-5-13-27(29(32)33)34-21-24-10-6-9-23(20-24)11-7-18-30-19-8-12-26(30)28(31)25-16-14-22(2)15-17-25/h6-12,14-17,19-20,27H,3-5,13,18,21H2,1-2H3,(H,32,33)/b11-7+. The summed E-state index contributed by atoms with van der Waals surface area (Å²) in [5.74, 6) is -0.903. The van der Waals surface area contributed by atoms with Crippen LogP contribution in [-0.4, -0.2) is 27.5 Å².